The summed E-state index contributed by atoms with van der Waals surface area (Å²) in [5.41, 5.74) is 5.82. The first-order chi connectivity index (χ1) is 8.75. The van der Waals surface area contributed by atoms with Gasteiger partial charge in [0.1, 0.15) is 0 Å². The van der Waals surface area contributed by atoms with E-state index in [9.17, 15) is 8.42 Å². The molecule has 0 aliphatic rings. The molecule has 3 N–H and O–H groups in total. The Balaban J connectivity index is 2.84. The molecule has 0 bridgehead atoms. The lowest BCUT2D eigenvalue weighted by atomic mass is 9.86. The van der Waals surface area contributed by atoms with Crippen molar-refractivity contribution in [3.05, 3.63) is 18.3 Å². The van der Waals surface area contributed by atoms with Gasteiger partial charge in [0.05, 0.1) is 5.69 Å². The van der Waals surface area contributed by atoms with E-state index in [2.05, 4.69) is 37.4 Å². The summed E-state index contributed by atoms with van der Waals surface area (Å²) in [6, 6.07) is 3.14. The Kier molecular flexibility index (Phi) is 5.31. The van der Waals surface area contributed by atoms with Crippen LogP contribution >= 0.6 is 0 Å². The highest BCUT2D eigenvalue weighted by atomic mass is 32.2. The molecule has 19 heavy (non-hydrogen) atoms. The minimum absolute atomic E-state index is 0.0961. The van der Waals surface area contributed by atoms with Gasteiger partial charge in [-0.05, 0) is 29.9 Å². The van der Waals surface area contributed by atoms with Crippen LogP contribution < -0.4 is 10.5 Å². The van der Waals surface area contributed by atoms with Gasteiger partial charge in [-0.2, -0.15) is 0 Å². The van der Waals surface area contributed by atoms with Gasteiger partial charge in [-0.15, -0.1) is 0 Å². The normalized spacial score (nSPS) is 12.6. The summed E-state index contributed by atoms with van der Waals surface area (Å²) < 4.78 is 26.9. The molecule has 1 heterocycles. The fourth-order valence-electron chi connectivity index (χ4n) is 2.14. The zero-order chi connectivity index (χ0) is 14.6. The molecule has 0 radical (unpaired) electrons. The summed E-state index contributed by atoms with van der Waals surface area (Å²) in [6.07, 6.45) is 1.42. The second-order valence-electron chi connectivity index (χ2n) is 5.40. The molecule has 0 saturated heterocycles. The predicted octanol–water partition coefficient (Wildman–Crippen LogP) is 1.87. The number of nitrogens with zero attached hydrogens (tertiary/aromatic N) is 1. The summed E-state index contributed by atoms with van der Waals surface area (Å²) in [7, 11) is -3.64. The average molecular weight is 285 g/mol. The van der Waals surface area contributed by atoms with Gasteiger partial charge in [0.15, 0.2) is 5.03 Å². The first-order valence-corrected chi connectivity index (χ1v) is 7.94. The van der Waals surface area contributed by atoms with E-state index in [0.29, 0.717) is 18.4 Å². The van der Waals surface area contributed by atoms with E-state index in [-0.39, 0.29) is 16.6 Å². The summed E-state index contributed by atoms with van der Waals surface area (Å²) in [4.78, 5) is 3.84. The van der Waals surface area contributed by atoms with Crippen LogP contribution in [0, 0.1) is 17.8 Å². The van der Waals surface area contributed by atoms with Crippen LogP contribution in [0.25, 0.3) is 0 Å². The minimum Gasteiger partial charge on any atom is -0.396 e. The quantitative estimate of drug-likeness (QED) is 0.835. The first kappa shape index (κ1) is 15.9. The van der Waals surface area contributed by atoms with Gasteiger partial charge < -0.3 is 5.73 Å². The largest absolute Gasteiger partial charge is 0.396 e. The second-order valence-corrected chi connectivity index (χ2v) is 7.08. The van der Waals surface area contributed by atoms with Crippen molar-refractivity contribution in [2.45, 2.75) is 32.7 Å². The number of sulfonamides is 1. The Bertz CT molecular complexity index is 504. The molecule has 0 amide bonds. The van der Waals surface area contributed by atoms with Crippen molar-refractivity contribution in [3.8, 4) is 0 Å². The van der Waals surface area contributed by atoms with E-state index < -0.39 is 10.0 Å². The van der Waals surface area contributed by atoms with E-state index in [0.717, 1.165) is 0 Å². The van der Waals surface area contributed by atoms with Crippen LogP contribution in [0.15, 0.2) is 23.4 Å². The van der Waals surface area contributed by atoms with Crippen LogP contribution in [0.1, 0.15) is 27.7 Å². The van der Waals surface area contributed by atoms with Gasteiger partial charge in [-0.25, -0.2) is 18.1 Å². The second kappa shape index (κ2) is 6.34. The molecule has 6 heteroatoms. The highest BCUT2D eigenvalue weighted by molar-refractivity contribution is 7.89. The predicted molar refractivity (Wildman–Crippen MR) is 77.0 cm³/mol. The Morgan fingerprint density at radius 2 is 1.84 bits per heavy atom. The van der Waals surface area contributed by atoms with Crippen molar-refractivity contribution in [2.24, 2.45) is 17.8 Å². The van der Waals surface area contributed by atoms with Crippen LogP contribution in [-0.2, 0) is 10.0 Å². The minimum atomic E-state index is -3.64. The van der Waals surface area contributed by atoms with Crippen LogP contribution in [0.4, 0.5) is 5.69 Å². The lowest BCUT2D eigenvalue weighted by Crippen LogP contribution is -2.34. The van der Waals surface area contributed by atoms with E-state index in [1.807, 2.05) is 0 Å². The molecule has 1 rings (SSSR count). The fraction of sp³-hybridized carbons (Fsp3) is 0.615. The van der Waals surface area contributed by atoms with E-state index in [4.69, 9.17) is 5.73 Å². The fourth-order valence-corrected chi connectivity index (χ4v) is 3.27. The summed E-state index contributed by atoms with van der Waals surface area (Å²) in [5, 5.41) is -0.0961. The summed E-state index contributed by atoms with van der Waals surface area (Å²) in [5.74, 6) is 1.09. The molecule has 1 aromatic rings. The number of nitrogens with one attached hydrogen (secondary N) is 1. The third kappa shape index (κ3) is 4.18. The van der Waals surface area contributed by atoms with Crippen LogP contribution in [0.3, 0.4) is 0 Å². The highest BCUT2D eigenvalue weighted by Gasteiger charge is 2.23. The average Bonchev–Trinajstić information content (AvgIpc) is 2.28. The lowest BCUT2D eigenvalue weighted by Gasteiger charge is -2.24. The molecule has 0 fully saturated rings. The van der Waals surface area contributed by atoms with Crippen molar-refractivity contribution in [1.82, 2.24) is 9.71 Å². The third-order valence-electron chi connectivity index (χ3n) is 3.28. The molecule has 0 aliphatic heterocycles. The van der Waals surface area contributed by atoms with Crippen LogP contribution in [0.2, 0.25) is 0 Å². The Labute approximate surface area is 115 Å². The maximum absolute atomic E-state index is 12.1. The van der Waals surface area contributed by atoms with Gasteiger partial charge >= 0.3 is 0 Å². The summed E-state index contributed by atoms with van der Waals surface area (Å²) >= 11 is 0. The topological polar surface area (TPSA) is 85.1 Å². The highest BCUT2D eigenvalue weighted by Crippen LogP contribution is 2.21. The van der Waals surface area contributed by atoms with Crippen molar-refractivity contribution >= 4 is 15.7 Å². The van der Waals surface area contributed by atoms with Gasteiger partial charge in [-0.3, -0.25) is 0 Å². The van der Waals surface area contributed by atoms with E-state index in [1.54, 1.807) is 6.07 Å². The standard InChI is InChI=1S/C13H23N3O2S/c1-9(2)11(10(3)4)8-16-19(17,18)13-12(14)6-5-7-15-13/h5-7,9-11,16H,8,14H2,1-4H3. The number of pyridine rings is 1. The Hall–Kier alpha value is -1.14. The molecule has 0 atom stereocenters. The molecule has 0 aliphatic carbocycles. The molecule has 108 valence electrons. The maximum Gasteiger partial charge on any atom is 0.260 e. The molecular weight excluding hydrogens is 262 g/mol. The first-order valence-electron chi connectivity index (χ1n) is 6.46. The zero-order valence-electron chi connectivity index (χ0n) is 11.9. The van der Waals surface area contributed by atoms with Crippen LogP contribution in [0.5, 0.6) is 0 Å². The Morgan fingerprint density at radius 1 is 1.26 bits per heavy atom. The number of hydrogen-bond acceptors (Lipinski definition) is 4. The van der Waals surface area contributed by atoms with Gasteiger partial charge in [0, 0.05) is 12.7 Å². The smallest absolute Gasteiger partial charge is 0.260 e. The molecule has 0 aromatic carbocycles. The molecule has 0 saturated carbocycles. The van der Waals surface area contributed by atoms with E-state index in [1.165, 1.54) is 12.3 Å². The third-order valence-corrected chi connectivity index (χ3v) is 4.67. The molecule has 0 spiro atoms. The van der Waals surface area contributed by atoms with Crippen LogP contribution in [-0.4, -0.2) is 19.9 Å². The maximum atomic E-state index is 12.1. The van der Waals surface area contributed by atoms with Crippen molar-refractivity contribution in [1.29, 1.82) is 0 Å². The Morgan fingerprint density at radius 3 is 2.32 bits per heavy atom. The van der Waals surface area contributed by atoms with Gasteiger partial charge in [0.25, 0.3) is 10.0 Å². The number of nitrogen functional groups attached to an aromatic ring is 1. The molecular formula is C13H23N3O2S. The molecule has 0 unspecified atom stereocenters. The number of rotatable bonds is 6. The molecule has 5 nitrogen and oxygen atoms in total. The summed E-state index contributed by atoms with van der Waals surface area (Å²) in [6.45, 7) is 8.76. The molecule has 1 aromatic heterocycles. The van der Waals surface area contributed by atoms with Gasteiger partial charge in [-0.1, -0.05) is 27.7 Å². The van der Waals surface area contributed by atoms with Crippen molar-refractivity contribution < 1.29 is 8.42 Å². The van der Waals surface area contributed by atoms with Gasteiger partial charge in [0.2, 0.25) is 0 Å². The lowest BCUT2D eigenvalue weighted by molar-refractivity contribution is 0.289. The number of hydrogen-bond donors (Lipinski definition) is 2. The van der Waals surface area contributed by atoms with Crippen molar-refractivity contribution in [3.63, 3.8) is 0 Å². The zero-order valence-corrected chi connectivity index (χ0v) is 12.7. The van der Waals surface area contributed by atoms with E-state index >= 15 is 0 Å². The number of aromatic nitrogens is 1. The number of anilines is 1. The monoisotopic (exact) mass is 285 g/mol. The SMILES string of the molecule is CC(C)C(CNS(=O)(=O)c1ncccc1N)C(C)C. The number of nitrogens with two attached hydrogens (primary N) is 1. The van der Waals surface area contributed by atoms with Crippen molar-refractivity contribution in [2.75, 3.05) is 12.3 Å².